The highest BCUT2D eigenvalue weighted by atomic mass is 32.1. The largest absolute Gasteiger partial charge is 0.463 e. The van der Waals surface area contributed by atoms with E-state index in [0.717, 1.165) is 6.42 Å². The zero-order chi connectivity index (χ0) is 19.5. The van der Waals surface area contributed by atoms with Gasteiger partial charge in [-0.15, -0.1) is 11.3 Å². The fraction of sp³-hybridized carbons (Fsp3) is 0.240. The van der Waals surface area contributed by atoms with Crippen LogP contribution < -0.4 is 0 Å². The van der Waals surface area contributed by atoms with Crippen molar-refractivity contribution >= 4 is 33.0 Å². The Hall–Kier alpha value is -2.65. The molecular formula is C25H24O2S. The van der Waals surface area contributed by atoms with E-state index in [1.165, 1.54) is 31.7 Å². The highest BCUT2D eigenvalue weighted by molar-refractivity contribution is 7.19. The van der Waals surface area contributed by atoms with Gasteiger partial charge < -0.3 is 4.74 Å². The maximum Gasteiger partial charge on any atom is 0.330 e. The Morgan fingerprint density at radius 1 is 1.11 bits per heavy atom. The van der Waals surface area contributed by atoms with Gasteiger partial charge in [0.1, 0.15) is 0 Å². The minimum Gasteiger partial charge on any atom is -0.463 e. The molecule has 1 aliphatic rings. The summed E-state index contributed by atoms with van der Waals surface area (Å²) in [5, 5.41) is 1.34. The number of thiophene rings is 1. The van der Waals surface area contributed by atoms with E-state index >= 15 is 0 Å². The van der Waals surface area contributed by atoms with Gasteiger partial charge in [-0.2, -0.15) is 0 Å². The van der Waals surface area contributed by atoms with Gasteiger partial charge >= 0.3 is 5.97 Å². The zero-order valence-corrected chi connectivity index (χ0v) is 17.0. The molecule has 4 rings (SSSR count). The van der Waals surface area contributed by atoms with Gasteiger partial charge in [0.2, 0.25) is 0 Å². The number of carbonyl (C=O) groups is 1. The van der Waals surface area contributed by atoms with Crippen LogP contribution in [0.2, 0.25) is 0 Å². The molecule has 0 bridgehead atoms. The maximum absolute atomic E-state index is 11.8. The number of ether oxygens (including phenoxy) is 1. The number of allylic oxidation sites excluding steroid dienone is 3. The summed E-state index contributed by atoms with van der Waals surface area (Å²) in [4.78, 5) is 13.2. The second-order valence-corrected chi connectivity index (χ2v) is 8.18. The first-order chi connectivity index (χ1) is 13.7. The molecule has 0 radical (unpaired) electrons. The van der Waals surface area contributed by atoms with Crippen LogP contribution in [-0.4, -0.2) is 12.6 Å². The Bertz CT molecular complexity index is 1040. The van der Waals surface area contributed by atoms with Gasteiger partial charge in [0.05, 0.1) is 6.61 Å². The lowest BCUT2D eigenvalue weighted by Gasteiger charge is -2.28. The second-order valence-electron chi connectivity index (χ2n) is 7.10. The average Bonchev–Trinajstić information content (AvgIpc) is 3.11. The third kappa shape index (κ3) is 3.55. The fourth-order valence-corrected chi connectivity index (χ4v) is 5.35. The lowest BCUT2D eigenvalue weighted by molar-refractivity contribution is -0.137. The molecule has 3 heteroatoms. The summed E-state index contributed by atoms with van der Waals surface area (Å²) < 4.78 is 6.38. The van der Waals surface area contributed by atoms with Crippen LogP contribution in [0.5, 0.6) is 0 Å². The summed E-state index contributed by atoms with van der Waals surface area (Å²) in [6.07, 6.45) is 6.71. The summed E-state index contributed by atoms with van der Waals surface area (Å²) in [5.74, 6) is 0.343. The molecule has 0 saturated carbocycles. The van der Waals surface area contributed by atoms with Crippen molar-refractivity contribution in [2.45, 2.75) is 32.1 Å². The molecule has 0 fully saturated rings. The molecule has 3 aromatic rings. The van der Waals surface area contributed by atoms with Crippen molar-refractivity contribution in [3.05, 3.63) is 88.8 Å². The summed E-state index contributed by atoms with van der Waals surface area (Å²) in [6.45, 7) is 4.51. The van der Waals surface area contributed by atoms with E-state index in [-0.39, 0.29) is 11.9 Å². The highest BCUT2D eigenvalue weighted by Crippen LogP contribution is 2.50. The van der Waals surface area contributed by atoms with Crippen LogP contribution in [-0.2, 0) is 9.53 Å². The Kier molecular flexibility index (Phi) is 5.45. The molecular weight excluding hydrogens is 364 g/mol. The van der Waals surface area contributed by atoms with Crippen molar-refractivity contribution in [2.24, 2.45) is 0 Å². The molecule has 2 atom stereocenters. The SMILES string of the molecule is CCOC(=O)/C=C\C[C@@H]1C(c2ccccc2)=C[C@H](C)c2sc3ccccc3c21. The highest BCUT2D eigenvalue weighted by Gasteiger charge is 2.30. The Morgan fingerprint density at radius 2 is 1.86 bits per heavy atom. The molecule has 2 aromatic carbocycles. The molecule has 0 amide bonds. The molecule has 0 saturated heterocycles. The van der Waals surface area contributed by atoms with E-state index in [9.17, 15) is 4.79 Å². The molecule has 1 heterocycles. The van der Waals surface area contributed by atoms with Crippen LogP contribution in [0.15, 0.2) is 72.8 Å². The molecule has 0 spiro atoms. The number of fused-ring (bicyclic) bond motifs is 3. The summed E-state index contributed by atoms with van der Waals surface area (Å²) in [5.41, 5.74) is 4.02. The van der Waals surface area contributed by atoms with Gasteiger partial charge in [0, 0.05) is 27.5 Å². The van der Waals surface area contributed by atoms with E-state index in [1.54, 1.807) is 6.08 Å². The van der Waals surface area contributed by atoms with E-state index in [4.69, 9.17) is 4.74 Å². The van der Waals surface area contributed by atoms with E-state index in [0.29, 0.717) is 12.5 Å². The van der Waals surface area contributed by atoms with Gasteiger partial charge in [0.15, 0.2) is 0 Å². The van der Waals surface area contributed by atoms with Gasteiger partial charge in [0.25, 0.3) is 0 Å². The van der Waals surface area contributed by atoms with Crippen molar-refractivity contribution in [3.8, 4) is 0 Å². The third-order valence-corrected chi connectivity index (χ3v) is 6.64. The number of carbonyl (C=O) groups excluding carboxylic acids is 1. The number of hydrogen-bond donors (Lipinski definition) is 0. The first-order valence-corrected chi connectivity index (χ1v) is 10.6. The van der Waals surface area contributed by atoms with Crippen molar-refractivity contribution in [1.82, 2.24) is 0 Å². The molecule has 1 aliphatic carbocycles. The molecule has 0 aliphatic heterocycles. The van der Waals surface area contributed by atoms with Crippen LogP contribution in [0.4, 0.5) is 0 Å². The minimum atomic E-state index is -0.271. The molecule has 28 heavy (non-hydrogen) atoms. The lowest BCUT2D eigenvalue weighted by atomic mass is 9.76. The Morgan fingerprint density at radius 3 is 2.64 bits per heavy atom. The van der Waals surface area contributed by atoms with E-state index in [1.807, 2.05) is 24.3 Å². The van der Waals surface area contributed by atoms with Gasteiger partial charge in [-0.3, -0.25) is 0 Å². The van der Waals surface area contributed by atoms with Crippen LogP contribution >= 0.6 is 11.3 Å². The number of benzene rings is 2. The molecule has 2 nitrogen and oxygen atoms in total. The van der Waals surface area contributed by atoms with Crippen molar-refractivity contribution < 1.29 is 9.53 Å². The predicted octanol–water partition coefficient (Wildman–Crippen LogP) is 6.70. The molecule has 0 N–H and O–H groups in total. The van der Waals surface area contributed by atoms with Gasteiger partial charge in [-0.25, -0.2) is 4.79 Å². The number of rotatable bonds is 5. The lowest BCUT2D eigenvalue weighted by Crippen LogP contribution is -2.10. The summed E-state index contributed by atoms with van der Waals surface area (Å²) in [7, 11) is 0. The first-order valence-electron chi connectivity index (χ1n) is 9.80. The standard InChI is InChI=1S/C25H24O2S/c1-3-27-23(26)15-9-13-19-21(18-10-5-4-6-11-18)16-17(2)25-24(19)20-12-7-8-14-22(20)28-25/h4-12,14-17,19H,3,13H2,1-2H3/b15-9-/t17-,19+/m0/s1. The fourth-order valence-electron chi connectivity index (χ4n) is 4.06. The maximum atomic E-state index is 11.8. The van der Waals surface area contributed by atoms with Crippen molar-refractivity contribution in [1.29, 1.82) is 0 Å². The average molecular weight is 389 g/mol. The normalized spacial score (nSPS) is 18.9. The van der Waals surface area contributed by atoms with E-state index in [2.05, 4.69) is 67.6 Å². The van der Waals surface area contributed by atoms with E-state index < -0.39 is 0 Å². The van der Waals surface area contributed by atoms with Crippen LogP contribution in [0, 0.1) is 0 Å². The van der Waals surface area contributed by atoms with Crippen molar-refractivity contribution in [2.75, 3.05) is 6.61 Å². The molecule has 1 aromatic heterocycles. The topological polar surface area (TPSA) is 26.3 Å². The zero-order valence-electron chi connectivity index (χ0n) is 16.2. The van der Waals surface area contributed by atoms with Crippen molar-refractivity contribution in [3.63, 3.8) is 0 Å². The summed E-state index contributed by atoms with van der Waals surface area (Å²) in [6, 6.07) is 19.3. The van der Waals surface area contributed by atoms with Crippen LogP contribution in [0.25, 0.3) is 15.7 Å². The number of hydrogen-bond acceptors (Lipinski definition) is 3. The smallest absolute Gasteiger partial charge is 0.330 e. The first kappa shape index (κ1) is 18.7. The number of esters is 1. The second kappa shape index (κ2) is 8.15. The molecule has 142 valence electrons. The van der Waals surface area contributed by atoms with Gasteiger partial charge in [-0.1, -0.05) is 67.6 Å². The minimum absolute atomic E-state index is 0.232. The quantitative estimate of drug-likeness (QED) is 0.359. The molecule has 0 unspecified atom stereocenters. The monoisotopic (exact) mass is 388 g/mol. The Labute approximate surface area is 170 Å². The third-order valence-electron chi connectivity index (χ3n) is 5.25. The van der Waals surface area contributed by atoms with Gasteiger partial charge in [-0.05, 0) is 41.5 Å². The van der Waals surface area contributed by atoms with Crippen LogP contribution in [0.3, 0.4) is 0 Å². The predicted molar refractivity (Wildman–Crippen MR) is 118 cm³/mol. The van der Waals surface area contributed by atoms with Crippen LogP contribution in [0.1, 0.15) is 48.1 Å². The Balaban J connectivity index is 1.79. The summed E-state index contributed by atoms with van der Waals surface area (Å²) >= 11 is 1.90.